The molecule has 1 amide bonds. The molecule has 2 aromatic heterocycles. The standard InChI is InChI=1S/C21H23N5O/c27-21(16-5-6-18-15(12-16)2-1-9-22-18)23-17-7-10-26(11-8-17)20-13-19(24-25-20)14-3-4-14/h1-2,5-6,9,12-14,17H,3-4,7-8,10-11H2,(H,23,27)(H,24,25). The summed E-state index contributed by atoms with van der Waals surface area (Å²) in [5.41, 5.74) is 2.87. The minimum atomic E-state index is -0.00464. The highest BCUT2D eigenvalue weighted by atomic mass is 16.1. The second-order valence-corrected chi connectivity index (χ2v) is 7.60. The number of anilines is 1. The van der Waals surface area contributed by atoms with Gasteiger partial charge in [0.15, 0.2) is 5.82 Å². The molecule has 0 unspecified atom stereocenters. The lowest BCUT2D eigenvalue weighted by molar-refractivity contribution is 0.0931. The molecule has 0 bridgehead atoms. The molecule has 6 nitrogen and oxygen atoms in total. The van der Waals surface area contributed by atoms with Gasteiger partial charge in [-0.15, -0.1) is 0 Å². The van der Waals surface area contributed by atoms with Crippen LogP contribution in [-0.4, -0.2) is 40.2 Å². The summed E-state index contributed by atoms with van der Waals surface area (Å²) in [6, 6.07) is 11.9. The normalized spacial score (nSPS) is 18.0. The van der Waals surface area contributed by atoms with Gasteiger partial charge in [0, 0.05) is 54.0 Å². The van der Waals surface area contributed by atoms with Gasteiger partial charge in [-0.1, -0.05) is 6.07 Å². The third-order valence-electron chi connectivity index (χ3n) is 5.62. The minimum absolute atomic E-state index is 0.00464. The molecule has 1 aliphatic carbocycles. The zero-order valence-corrected chi connectivity index (χ0v) is 15.2. The van der Waals surface area contributed by atoms with E-state index in [9.17, 15) is 4.79 Å². The number of carbonyl (C=O) groups is 1. The van der Waals surface area contributed by atoms with Gasteiger partial charge in [0.05, 0.1) is 5.52 Å². The number of benzene rings is 1. The maximum atomic E-state index is 12.6. The smallest absolute Gasteiger partial charge is 0.251 e. The fourth-order valence-electron chi connectivity index (χ4n) is 3.83. The Bertz CT molecular complexity index is 969. The number of carbonyl (C=O) groups excluding carboxylic acids is 1. The highest BCUT2D eigenvalue weighted by Gasteiger charge is 2.27. The van der Waals surface area contributed by atoms with E-state index in [4.69, 9.17) is 0 Å². The molecule has 138 valence electrons. The van der Waals surface area contributed by atoms with Gasteiger partial charge in [0.1, 0.15) is 0 Å². The summed E-state index contributed by atoms with van der Waals surface area (Å²) >= 11 is 0. The van der Waals surface area contributed by atoms with Crippen LogP contribution >= 0.6 is 0 Å². The Morgan fingerprint density at radius 3 is 2.78 bits per heavy atom. The topological polar surface area (TPSA) is 73.9 Å². The molecule has 0 spiro atoms. The first-order valence-electron chi connectivity index (χ1n) is 9.72. The zero-order valence-electron chi connectivity index (χ0n) is 15.2. The first kappa shape index (κ1) is 16.3. The van der Waals surface area contributed by atoms with Crippen LogP contribution in [0.5, 0.6) is 0 Å². The molecule has 1 saturated heterocycles. The van der Waals surface area contributed by atoms with Crippen LogP contribution in [0.1, 0.15) is 47.7 Å². The third-order valence-corrected chi connectivity index (χ3v) is 5.62. The lowest BCUT2D eigenvalue weighted by Gasteiger charge is -2.32. The molecular formula is C21H23N5O. The summed E-state index contributed by atoms with van der Waals surface area (Å²) in [5.74, 6) is 1.74. The first-order valence-corrected chi connectivity index (χ1v) is 9.72. The molecular weight excluding hydrogens is 338 g/mol. The lowest BCUT2D eigenvalue weighted by Crippen LogP contribution is -2.44. The number of amides is 1. The van der Waals surface area contributed by atoms with Crippen molar-refractivity contribution in [1.29, 1.82) is 0 Å². The Balaban J connectivity index is 1.19. The van der Waals surface area contributed by atoms with Gasteiger partial charge in [-0.25, -0.2) is 0 Å². The predicted molar refractivity (Wildman–Crippen MR) is 105 cm³/mol. The van der Waals surface area contributed by atoms with Crippen LogP contribution in [0.25, 0.3) is 10.9 Å². The van der Waals surface area contributed by atoms with E-state index in [0.717, 1.165) is 42.7 Å². The Morgan fingerprint density at radius 2 is 1.96 bits per heavy atom. The van der Waals surface area contributed by atoms with Crippen molar-refractivity contribution in [3.8, 4) is 0 Å². The van der Waals surface area contributed by atoms with Gasteiger partial charge in [-0.05, 0) is 49.9 Å². The van der Waals surface area contributed by atoms with Crippen LogP contribution < -0.4 is 10.2 Å². The third kappa shape index (κ3) is 3.39. The molecule has 3 heterocycles. The zero-order chi connectivity index (χ0) is 18.2. The van der Waals surface area contributed by atoms with Crippen LogP contribution in [0.15, 0.2) is 42.6 Å². The van der Waals surface area contributed by atoms with Crippen molar-refractivity contribution in [3.05, 3.63) is 53.9 Å². The molecule has 1 aromatic carbocycles. The number of aromatic amines is 1. The Labute approximate surface area is 158 Å². The van der Waals surface area contributed by atoms with E-state index in [1.165, 1.54) is 18.5 Å². The number of nitrogens with zero attached hydrogens (tertiary/aromatic N) is 3. The van der Waals surface area contributed by atoms with Gasteiger partial charge in [0.25, 0.3) is 5.91 Å². The quantitative estimate of drug-likeness (QED) is 0.748. The van der Waals surface area contributed by atoms with Crippen LogP contribution in [0.4, 0.5) is 5.82 Å². The van der Waals surface area contributed by atoms with E-state index in [0.29, 0.717) is 11.5 Å². The number of rotatable bonds is 4. The summed E-state index contributed by atoms with van der Waals surface area (Å²) in [4.78, 5) is 19.2. The molecule has 1 saturated carbocycles. The highest BCUT2D eigenvalue weighted by Crippen LogP contribution is 2.40. The average Bonchev–Trinajstić information content (AvgIpc) is 3.45. The van der Waals surface area contributed by atoms with Crippen molar-refractivity contribution in [1.82, 2.24) is 20.5 Å². The lowest BCUT2D eigenvalue weighted by atomic mass is 10.0. The molecule has 27 heavy (non-hydrogen) atoms. The minimum Gasteiger partial charge on any atom is -0.355 e. The van der Waals surface area contributed by atoms with Gasteiger partial charge >= 0.3 is 0 Å². The van der Waals surface area contributed by atoms with E-state index >= 15 is 0 Å². The second-order valence-electron chi connectivity index (χ2n) is 7.60. The summed E-state index contributed by atoms with van der Waals surface area (Å²) in [6.45, 7) is 1.84. The number of aromatic nitrogens is 3. The van der Waals surface area contributed by atoms with E-state index in [1.54, 1.807) is 6.20 Å². The predicted octanol–water partition coefficient (Wildman–Crippen LogP) is 3.23. The molecule has 0 radical (unpaired) electrons. The fourth-order valence-corrected chi connectivity index (χ4v) is 3.83. The molecule has 0 atom stereocenters. The van der Waals surface area contributed by atoms with E-state index < -0.39 is 0 Å². The van der Waals surface area contributed by atoms with Gasteiger partial charge in [0.2, 0.25) is 0 Å². The molecule has 5 rings (SSSR count). The Hall–Kier alpha value is -2.89. The molecule has 2 fully saturated rings. The maximum Gasteiger partial charge on any atom is 0.251 e. The van der Waals surface area contributed by atoms with Gasteiger partial charge in [-0.3, -0.25) is 14.9 Å². The largest absolute Gasteiger partial charge is 0.355 e. The first-order chi connectivity index (χ1) is 13.3. The SMILES string of the molecule is O=C(NC1CCN(c2cc(C3CC3)[nH]n2)CC1)c1ccc2ncccc2c1. The monoisotopic (exact) mass is 361 g/mol. The van der Waals surface area contributed by atoms with Gasteiger partial charge < -0.3 is 10.2 Å². The summed E-state index contributed by atoms with van der Waals surface area (Å²) in [7, 11) is 0. The van der Waals surface area contributed by atoms with Crippen LogP contribution in [-0.2, 0) is 0 Å². The molecule has 6 heteroatoms. The van der Waals surface area contributed by atoms with Crippen molar-refractivity contribution in [2.45, 2.75) is 37.6 Å². The number of pyridine rings is 1. The number of fused-ring (bicyclic) bond motifs is 1. The highest BCUT2D eigenvalue weighted by molar-refractivity contribution is 5.98. The Kier molecular flexibility index (Phi) is 4.03. The summed E-state index contributed by atoms with van der Waals surface area (Å²) in [5, 5.41) is 11.8. The van der Waals surface area contributed by atoms with E-state index in [2.05, 4.69) is 31.5 Å². The second kappa shape index (κ2) is 6.68. The van der Waals surface area contributed by atoms with E-state index in [1.807, 2.05) is 30.3 Å². The van der Waals surface area contributed by atoms with Crippen molar-refractivity contribution < 1.29 is 4.79 Å². The number of H-pyrrole nitrogens is 1. The van der Waals surface area contributed by atoms with Crippen LogP contribution in [0, 0.1) is 0 Å². The van der Waals surface area contributed by atoms with Crippen LogP contribution in [0.3, 0.4) is 0 Å². The molecule has 2 aliphatic rings. The molecule has 3 aromatic rings. The number of piperidine rings is 1. The van der Waals surface area contributed by atoms with Crippen molar-refractivity contribution >= 4 is 22.6 Å². The molecule has 1 aliphatic heterocycles. The molecule has 2 N–H and O–H groups in total. The summed E-state index contributed by atoms with van der Waals surface area (Å²) < 4.78 is 0. The number of hydrogen-bond acceptors (Lipinski definition) is 4. The van der Waals surface area contributed by atoms with Gasteiger partial charge in [-0.2, -0.15) is 5.10 Å². The van der Waals surface area contributed by atoms with Crippen molar-refractivity contribution in [2.75, 3.05) is 18.0 Å². The van der Waals surface area contributed by atoms with E-state index in [-0.39, 0.29) is 11.9 Å². The Morgan fingerprint density at radius 1 is 1.11 bits per heavy atom. The fraction of sp³-hybridized carbons (Fsp3) is 0.381. The number of hydrogen-bond donors (Lipinski definition) is 2. The average molecular weight is 361 g/mol. The van der Waals surface area contributed by atoms with Crippen molar-refractivity contribution in [3.63, 3.8) is 0 Å². The maximum absolute atomic E-state index is 12.6. The van der Waals surface area contributed by atoms with Crippen LogP contribution in [0.2, 0.25) is 0 Å². The summed E-state index contributed by atoms with van der Waals surface area (Å²) in [6.07, 6.45) is 6.20. The number of nitrogens with one attached hydrogen (secondary N) is 2. The van der Waals surface area contributed by atoms with Crippen molar-refractivity contribution in [2.24, 2.45) is 0 Å².